The van der Waals surface area contributed by atoms with Gasteiger partial charge < -0.3 is 28.6 Å². The van der Waals surface area contributed by atoms with Crippen molar-refractivity contribution in [2.24, 2.45) is 0 Å². The molecule has 0 aromatic heterocycles. The van der Waals surface area contributed by atoms with E-state index < -0.39 is 13.8 Å². The van der Waals surface area contributed by atoms with E-state index >= 15 is 0 Å². The van der Waals surface area contributed by atoms with Crippen LogP contribution in [0.25, 0.3) is 0 Å². The van der Waals surface area contributed by atoms with Crippen molar-refractivity contribution in [3.63, 3.8) is 0 Å². The van der Waals surface area contributed by atoms with Gasteiger partial charge in [-0.15, -0.1) is 0 Å². The third-order valence-electron chi connectivity index (χ3n) is 9.97. The first-order valence-electron chi connectivity index (χ1n) is 16.8. The molecule has 0 saturated heterocycles. The Kier molecular flexibility index (Phi) is 5.75. The molecule has 0 amide bonds. The van der Waals surface area contributed by atoms with Crippen molar-refractivity contribution < 1.29 is 18.8 Å². The second kappa shape index (κ2) is 10.5. The SMILES string of the molecule is c1ccc(N2c3ccccc3OB3c4cc5c(cc4Oc4cccc2c43)Oc2cccc3c2B5Oc2ccccc2N3c2ccccc2)cc1. The van der Waals surface area contributed by atoms with Crippen LogP contribution in [0.2, 0.25) is 0 Å². The number of hydrogen-bond donors (Lipinski definition) is 0. The maximum absolute atomic E-state index is 7.05. The Morgan fingerprint density at radius 3 is 1.22 bits per heavy atom. The van der Waals surface area contributed by atoms with Gasteiger partial charge in [-0.25, -0.2) is 0 Å². The number of anilines is 6. The quantitative estimate of drug-likeness (QED) is 0.179. The highest BCUT2D eigenvalue weighted by molar-refractivity contribution is 6.87. The van der Waals surface area contributed by atoms with Crippen LogP contribution in [0.3, 0.4) is 0 Å². The topological polar surface area (TPSA) is 43.4 Å². The Hall–Kier alpha value is -6.53. The largest absolute Gasteiger partial charge is 0.550 e. The molecule has 0 aliphatic carbocycles. The molecular formula is C42H26B2N2O4. The van der Waals surface area contributed by atoms with Gasteiger partial charge >= 0.3 is 13.8 Å². The summed E-state index contributed by atoms with van der Waals surface area (Å²) in [6.07, 6.45) is 0. The van der Waals surface area contributed by atoms with Crippen molar-refractivity contribution in [3.8, 4) is 34.5 Å². The molecule has 7 aromatic carbocycles. The number of fused-ring (bicyclic) bond motifs is 6. The molecule has 0 atom stereocenters. The van der Waals surface area contributed by atoms with Gasteiger partial charge in [0.05, 0.1) is 11.4 Å². The summed E-state index contributed by atoms with van der Waals surface area (Å²) >= 11 is 0. The number of hydrogen-bond acceptors (Lipinski definition) is 6. The maximum Gasteiger partial charge on any atom is 0.436 e. The van der Waals surface area contributed by atoms with Crippen molar-refractivity contribution >= 4 is 69.8 Å². The molecule has 11 rings (SSSR count). The van der Waals surface area contributed by atoms with Crippen molar-refractivity contribution in [3.05, 3.63) is 158 Å². The molecule has 0 unspecified atom stereocenters. The number of nitrogens with zero attached hydrogens (tertiary/aromatic N) is 2. The summed E-state index contributed by atoms with van der Waals surface area (Å²) in [6.45, 7) is -0.888. The smallest absolute Gasteiger partial charge is 0.436 e. The molecule has 50 heavy (non-hydrogen) atoms. The molecule has 8 heteroatoms. The minimum Gasteiger partial charge on any atom is -0.550 e. The third kappa shape index (κ3) is 3.93. The molecule has 4 heterocycles. The average Bonchev–Trinajstić information content (AvgIpc) is 3.41. The van der Waals surface area contributed by atoms with E-state index in [1.807, 2.05) is 66.7 Å². The van der Waals surface area contributed by atoms with E-state index in [9.17, 15) is 0 Å². The Labute approximate surface area is 289 Å². The van der Waals surface area contributed by atoms with Crippen molar-refractivity contribution in [2.45, 2.75) is 0 Å². The zero-order chi connectivity index (χ0) is 32.8. The minimum absolute atomic E-state index is 0.444. The normalized spacial score (nSPS) is 14.1. The van der Waals surface area contributed by atoms with Gasteiger partial charge in [-0.1, -0.05) is 78.9 Å². The number of benzene rings is 7. The highest BCUT2D eigenvalue weighted by atomic mass is 16.5. The van der Waals surface area contributed by atoms with E-state index in [1.165, 1.54) is 0 Å². The first-order valence-corrected chi connectivity index (χ1v) is 16.8. The second-order valence-electron chi connectivity index (χ2n) is 12.8. The van der Waals surface area contributed by atoms with Gasteiger partial charge in [0.2, 0.25) is 0 Å². The molecule has 7 aromatic rings. The van der Waals surface area contributed by atoms with E-state index in [1.54, 1.807) is 0 Å². The van der Waals surface area contributed by atoms with E-state index in [-0.39, 0.29) is 0 Å². The molecule has 4 aliphatic rings. The lowest BCUT2D eigenvalue weighted by molar-refractivity contribution is 0.460. The van der Waals surface area contributed by atoms with Crippen LogP contribution in [0.15, 0.2) is 158 Å². The average molecular weight is 644 g/mol. The lowest BCUT2D eigenvalue weighted by atomic mass is 9.48. The molecule has 0 saturated carbocycles. The lowest BCUT2D eigenvalue weighted by Gasteiger charge is -2.32. The van der Waals surface area contributed by atoms with Crippen LogP contribution in [-0.2, 0) is 0 Å². The molecule has 0 spiro atoms. The van der Waals surface area contributed by atoms with Crippen LogP contribution in [0.1, 0.15) is 0 Å². The molecule has 4 aliphatic heterocycles. The lowest BCUT2D eigenvalue weighted by Crippen LogP contribution is -2.56. The first-order chi connectivity index (χ1) is 24.8. The van der Waals surface area contributed by atoms with Crippen LogP contribution in [0.4, 0.5) is 34.1 Å². The van der Waals surface area contributed by atoms with Gasteiger partial charge in [0.15, 0.2) is 0 Å². The van der Waals surface area contributed by atoms with Gasteiger partial charge in [-0.05, 0) is 72.8 Å². The number of ether oxygens (including phenoxy) is 2. The van der Waals surface area contributed by atoms with Crippen molar-refractivity contribution in [2.75, 3.05) is 9.80 Å². The highest BCUT2D eigenvalue weighted by Crippen LogP contribution is 2.47. The molecule has 0 N–H and O–H groups in total. The van der Waals surface area contributed by atoms with E-state index in [0.29, 0.717) is 11.5 Å². The predicted molar refractivity (Wildman–Crippen MR) is 200 cm³/mol. The summed E-state index contributed by atoms with van der Waals surface area (Å²) in [5.41, 5.74) is 9.81. The van der Waals surface area contributed by atoms with E-state index in [0.717, 1.165) is 79.0 Å². The fourth-order valence-corrected chi connectivity index (χ4v) is 7.84. The van der Waals surface area contributed by atoms with Crippen LogP contribution in [0.5, 0.6) is 34.5 Å². The number of para-hydroxylation sites is 6. The Morgan fingerprint density at radius 2 is 0.740 bits per heavy atom. The maximum atomic E-state index is 7.05. The summed E-state index contributed by atoms with van der Waals surface area (Å²) in [5.74, 6) is 4.48. The first kappa shape index (κ1) is 27.4. The van der Waals surface area contributed by atoms with Crippen molar-refractivity contribution in [1.29, 1.82) is 0 Å². The fourth-order valence-electron chi connectivity index (χ4n) is 7.84. The Morgan fingerprint density at radius 1 is 0.340 bits per heavy atom. The fraction of sp³-hybridized carbons (Fsp3) is 0. The van der Waals surface area contributed by atoms with Gasteiger partial charge in [0, 0.05) is 50.7 Å². The Bertz CT molecular complexity index is 2320. The van der Waals surface area contributed by atoms with Gasteiger partial charge in [-0.2, -0.15) is 0 Å². The standard InChI is InChI=1S/C42H26B2N2O4/c1-3-13-27(14-4-1)45-31-17-7-9-21-35(31)49-43-29-25-30-40(26-39(29)47-37-23-11-19-33(45)41(37)43)48-38-24-12-20-34-42(38)44(30)50-36-22-10-8-18-32(36)46(34)28-15-5-2-6-16-28/h1-26H. The zero-order valence-electron chi connectivity index (χ0n) is 26.7. The van der Waals surface area contributed by atoms with Crippen LogP contribution in [0, 0.1) is 0 Å². The summed E-state index contributed by atoms with van der Waals surface area (Å²) in [5, 5.41) is 0. The van der Waals surface area contributed by atoms with Crippen molar-refractivity contribution in [1.82, 2.24) is 0 Å². The van der Waals surface area contributed by atoms with E-state index in [2.05, 4.69) is 101 Å². The summed E-state index contributed by atoms with van der Waals surface area (Å²) < 4.78 is 27.6. The molecule has 0 fully saturated rings. The molecular weight excluding hydrogens is 618 g/mol. The molecule has 6 nitrogen and oxygen atoms in total. The molecule has 234 valence electrons. The van der Waals surface area contributed by atoms with Gasteiger partial charge in [0.1, 0.15) is 34.5 Å². The summed E-state index contributed by atoms with van der Waals surface area (Å²) in [7, 11) is 0. The monoisotopic (exact) mass is 644 g/mol. The van der Waals surface area contributed by atoms with Crippen LogP contribution < -0.4 is 50.4 Å². The summed E-state index contributed by atoms with van der Waals surface area (Å²) in [6, 6.07) is 53.8. The molecule has 0 bridgehead atoms. The third-order valence-corrected chi connectivity index (χ3v) is 9.97. The van der Waals surface area contributed by atoms with Gasteiger partial charge in [0.25, 0.3) is 0 Å². The number of rotatable bonds is 2. The summed E-state index contributed by atoms with van der Waals surface area (Å²) in [4.78, 5) is 4.52. The zero-order valence-corrected chi connectivity index (χ0v) is 26.7. The highest BCUT2D eigenvalue weighted by Gasteiger charge is 2.46. The van der Waals surface area contributed by atoms with Crippen LogP contribution >= 0.6 is 0 Å². The van der Waals surface area contributed by atoms with Crippen LogP contribution in [-0.4, -0.2) is 13.8 Å². The minimum atomic E-state index is -0.444. The second-order valence-corrected chi connectivity index (χ2v) is 12.8. The predicted octanol–water partition coefficient (Wildman–Crippen LogP) is 7.83. The van der Waals surface area contributed by atoms with Gasteiger partial charge in [-0.3, -0.25) is 0 Å². The molecule has 0 radical (unpaired) electrons. The van der Waals surface area contributed by atoms with E-state index in [4.69, 9.17) is 18.8 Å². The Balaban J connectivity index is 1.12.